The van der Waals surface area contributed by atoms with Crippen LogP contribution < -0.4 is 4.90 Å². The molecule has 2 aliphatic rings. The lowest BCUT2D eigenvalue weighted by molar-refractivity contribution is -0.770. The van der Waals surface area contributed by atoms with Gasteiger partial charge in [-0.3, -0.25) is 9.45 Å². The van der Waals surface area contributed by atoms with Crippen molar-refractivity contribution in [3.63, 3.8) is 0 Å². The summed E-state index contributed by atoms with van der Waals surface area (Å²) in [5.74, 6) is -0.331. The maximum Gasteiger partial charge on any atom is 0.264 e. The molecule has 2 unspecified atom stereocenters. The lowest BCUT2D eigenvalue weighted by atomic mass is 9.70. The Morgan fingerprint density at radius 3 is 2.54 bits per heavy atom. The Hall–Kier alpha value is -1.26. The van der Waals surface area contributed by atoms with Crippen molar-refractivity contribution in [3.8, 4) is 0 Å². The van der Waals surface area contributed by atoms with E-state index < -0.39 is 25.7 Å². The largest absolute Gasteiger partial charge is 0.744 e. The van der Waals surface area contributed by atoms with Crippen LogP contribution in [0.4, 0.5) is 5.69 Å². The molecule has 2 N–H and O–H groups in total. The van der Waals surface area contributed by atoms with Crippen LogP contribution in [0.1, 0.15) is 44.2 Å². The molecule has 0 fully saturated rings. The molecule has 3 rings (SSSR count). The molecule has 9 heteroatoms. The van der Waals surface area contributed by atoms with Gasteiger partial charge in [0.2, 0.25) is 0 Å². The van der Waals surface area contributed by atoms with Gasteiger partial charge in [-0.2, -0.15) is 8.42 Å². The zero-order valence-electron chi connectivity index (χ0n) is 14.8. The summed E-state index contributed by atoms with van der Waals surface area (Å²) in [4.78, 5) is 0.883. The first-order chi connectivity index (χ1) is 11.9. The summed E-state index contributed by atoms with van der Waals surface area (Å²) >= 11 is 0. The van der Waals surface area contributed by atoms with Gasteiger partial charge in [0, 0.05) is 23.0 Å². The van der Waals surface area contributed by atoms with Crippen molar-refractivity contribution in [2.45, 2.75) is 49.8 Å². The van der Waals surface area contributed by atoms with Crippen molar-refractivity contribution < 1.29 is 30.8 Å². The van der Waals surface area contributed by atoms with Crippen LogP contribution >= 0.6 is 0 Å². The summed E-state index contributed by atoms with van der Waals surface area (Å²) < 4.78 is 66.5. The van der Waals surface area contributed by atoms with Crippen molar-refractivity contribution in [2.75, 3.05) is 12.3 Å². The molecule has 144 valence electrons. The predicted molar refractivity (Wildman–Crippen MR) is 95.0 cm³/mol. The Labute approximate surface area is 154 Å². The van der Waals surface area contributed by atoms with Crippen molar-refractivity contribution >= 4 is 25.9 Å². The van der Waals surface area contributed by atoms with Crippen LogP contribution in [0.5, 0.6) is 0 Å². The molecule has 2 aliphatic heterocycles. The van der Waals surface area contributed by atoms with Gasteiger partial charge in [-0.1, -0.05) is 19.4 Å². The lowest BCUT2D eigenvalue weighted by Gasteiger charge is -2.38. The molecule has 0 aromatic heterocycles. The van der Waals surface area contributed by atoms with Crippen LogP contribution in [0.25, 0.3) is 0 Å². The van der Waals surface area contributed by atoms with Crippen LogP contribution in [0.2, 0.25) is 0 Å². The average molecular weight is 402 g/mol. The molecule has 1 aromatic rings. The standard InChI is InChI=1S/C17H23NO6S2/c1-12-11-18-9-7-13-5-6-14(26(22,23)24)15(16(13)18)17(12,2)8-3-4-10-25(19,20)21/h5-6,11H,3-4,7-10H2,1-2H3,(H,19,20,21)(H,22,23,24). The minimum Gasteiger partial charge on any atom is -0.744 e. The molecule has 2 heterocycles. The van der Waals surface area contributed by atoms with Gasteiger partial charge in [-0.15, -0.1) is 0 Å². The van der Waals surface area contributed by atoms with E-state index in [4.69, 9.17) is 4.55 Å². The molecule has 0 bridgehead atoms. The summed E-state index contributed by atoms with van der Waals surface area (Å²) in [6, 6.07) is 3.14. The monoisotopic (exact) mass is 401 g/mol. The molecule has 0 saturated heterocycles. The molecule has 0 radical (unpaired) electrons. The summed E-state index contributed by atoms with van der Waals surface area (Å²) in [5.41, 5.74) is 2.80. The van der Waals surface area contributed by atoms with Crippen molar-refractivity contribution in [3.05, 3.63) is 35.0 Å². The lowest BCUT2D eigenvalue weighted by Crippen LogP contribution is -3.02. The van der Waals surface area contributed by atoms with E-state index in [2.05, 4.69) is 6.20 Å². The van der Waals surface area contributed by atoms with E-state index in [9.17, 15) is 21.4 Å². The fourth-order valence-corrected chi connectivity index (χ4v) is 5.58. The molecule has 7 nitrogen and oxygen atoms in total. The number of nitrogens with one attached hydrogen (secondary N) is 1. The SMILES string of the molecule is CC1=C[NH+]2CCc3ccc(S(=O)(=O)[O-])c(c32)C1(C)CCCCS(=O)(=O)O. The highest BCUT2D eigenvalue weighted by Gasteiger charge is 2.44. The second kappa shape index (κ2) is 6.42. The number of quaternary nitrogens is 1. The summed E-state index contributed by atoms with van der Waals surface area (Å²) in [6.07, 6.45) is 4.14. The first-order valence-electron chi connectivity index (χ1n) is 8.56. The molecule has 26 heavy (non-hydrogen) atoms. The molecule has 0 aliphatic carbocycles. The Kier molecular flexibility index (Phi) is 4.81. The number of hydrogen-bond acceptors (Lipinski definition) is 5. The highest BCUT2D eigenvalue weighted by atomic mass is 32.2. The fourth-order valence-electron chi connectivity index (χ4n) is 4.20. The van der Waals surface area contributed by atoms with E-state index in [0.717, 1.165) is 34.7 Å². The molecular weight excluding hydrogens is 378 g/mol. The first kappa shape index (κ1) is 19.5. The Morgan fingerprint density at radius 1 is 1.23 bits per heavy atom. The van der Waals surface area contributed by atoms with E-state index in [-0.39, 0.29) is 17.1 Å². The van der Waals surface area contributed by atoms with Crippen LogP contribution in [-0.4, -0.2) is 38.2 Å². The third-order valence-corrected chi connectivity index (χ3v) is 7.33. The molecule has 2 atom stereocenters. The molecule has 1 aromatic carbocycles. The van der Waals surface area contributed by atoms with E-state index in [0.29, 0.717) is 18.4 Å². The topological polar surface area (TPSA) is 116 Å². The highest BCUT2D eigenvalue weighted by molar-refractivity contribution is 7.86. The fraction of sp³-hybridized carbons (Fsp3) is 0.529. The van der Waals surface area contributed by atoms with Gasteiger partial charge >= 0.3 is 0 Å². The smallest absolute Gasteiger partial charge is 0.264 e. The second-order valence-corrected chi connectivity index (χ2v) is 10.3. The normalized spacial score (nSPS) is 25.1. The van der Waals surface area contributed by atoms with Gasteiger partial charge in [0.25, 0.3) is 10.1 Å². The Morgan fingerprint density at radius 2 is 1.92 bits per heavy atom. The Bertz CT molecular complexity index is 981. The van der Waals surface area contributed by atoms with Crippen molar-refractivity contribution in [1.29, 1.82) is 0 Å². The van der Waals surface area contributed by atoms with Gasteiger partial charge in [-0.25, -0.2) is 8.42 Å². The Balaban J connectivity index is 2.05. The van der Waals surface area contributed by atoms with Gasteiger partial charge < -0.3 is 4.55 Å². The van der Waals surface area contributed by atoms with Crippen LogP contribution in [-0.2, 0) is 32.1 Å². The molecule has 0 saturated carbocycles. The van der Waals surface area contributed by atoms with E-state index in [1.807, 2.05) is 13.8 Å². The number of allylic oxidation sites excluding steroid dienone is 1. The zero-order valence-corrected chi connectivity index (χ0v) is 16.4. The maximum absolute atomic E-state index is 11.9. The van der Waals surface area contributed by atoms with Crippen molar-refractivity contribution in [1.82, 2.24) is 0 Å². The maximum atomic E-state index is 11.9. The quantitative estimate of drug-likeness (QED) is 0.540. The van der Waals surface area contributed by atoms with Crippen LogP contribution in [0, 0.1) is 0 Å². The number of rotatable bonds is 6. The molecule has 0 spiro atoms. The highest BCUT2D eigenvalue weighted by Crippen LogP contribution is 2.46. The molecule has 0 amide bonds. The number of unbranched alkanes of at least 4 members (excludes halogenated alkanes) is 1. The molecular formula is C17H23NO6S2. The number of hydrogen-bond donors (Lipinski definition) is 2. The van der Waals surface area contributed by atoms with E-state index in [1.165, 1.54) is 6.07 Å². The first-order valence-corrected chi connectivity index (χ1v) is 11.6. The van der Waals surface area contributed by atoms with Gasteiger partial charge in [0.15, 0.2) is 0 Å². The predicted octanol–water partition coefficient (Wildman–Crippen LogP) is 0.896. The third-order valence-electron chi connectivity index (χ3n) is 5.65. The van der Waals surface area contributed by atoms with Crippen molar-refractivity contribution in [2.24, 2.45) is 0 Å². The minimum absolute atomic E-state index is 0.180. The summed E-state index contributed by atoms with van der Waals surface area (Å²) in [6.45, 7) is 4.65. The van der Waals surface area contributed by atoms with E-state index in [1.54, 1.807) is 6.07 Å². The van der Waals surface area contributed by atoms with Crippen LogP contribution in [0.15, 0.2) is 28.8 Å². The summed E-state index contributed by atoms with van der Waals surface area (Å²) in [7, 11) is -8.65. The van der Waals surface area contributed by atoms with Gasteiger partial charge in [0.1, 0.15) is 15.8 Å². The third kappa shape index (κ3) is 3.46. The van der Waals surface area contributed by atoms with Gasteiger partial charge in [-0.05, 0) is 31.4 Å². The average Bonchev–Trinajstić information content (AvgIpc) is 2.91. The second-order valence-electron chi connectivity index (χ2n) is 7.35. The van der Waals surface area contributed by atoms with Gasteiger partial charge in [0.05, 0.1) is 23.4 Å². The minimum atomic E-state index is -4.63. The summed E-state index contributed by atoms with van der Waals surface area (Å²) in [5, 5.41) is 0. The van der Waals surface area contributed by atoms with Crippen LogP contribution in [0.3, 0.4) is 0 Å². The van der Waals surface area contributed by atoms with E-state index >= 15 is 0 Å². The number of benzene rings is 1. The zero-order chi connectivity index (χ0) is 19.3.